The summed E-state index contributed by atoms with van der Waals surface area (Å²) in [7, 11) is -8.18. The lowest BCUT2D eigenvalue weighted by Gasteiger charge is -2.08. The van der Waals surface area contributed by atoms with E-state index in [0.717, 1.165) is 10.8 Å². The highest BCUT2D eigenvalue weighted by Gasteiger charge is 2.15. The van der Waals surface area contributed by atoms with Crippen molar-refractivity contribution < 1.29 is 27.3 Å². The Morgan fingerprint density at radius 1 is 1.09 bits per heavy atom. The van der Waals surface area contributed by atoms with Crippen molar-refractivity contribution in [2.24, 2.45) is 0 Å². The third-order valence-corrected chi connectivity index (χ3v) is 4.88. The summed E-state index contributed by atoms with van der Waals surface area (Å²) >= 11 is 0. The maximum Gasteiger partial charge on any atom is 0.469 e. The minimum Gasteiger partial charge on any atom is -0.303 e. The lowest BCUT2D eigenvalue weighted by Crippen LogP contribution is -2.25. The van der Waals surface area contributed by atoms with Gasteiger partial charge in [0.1, 0.15) is 0 Å². The van der Waals surface area contributed by atoms with Crippen LogP contribution in [0.25, 0.3) is 10.8 Å². The Morgan fingerprint density at radius 2 is 1.77 bits per heavy atom. The summed E-state index contributed by atoms with van der Waals surface area (Å²) in [5, 5.41) is 1.76. The molecule has 0 fully saturated rings. The minimum absolute atomic E-state index is 0.0230. The minimum atomic E-state index is -4.51. The number of phosphoric acid groups is 1. The van der Waals surface area contributed by atoms with Gasteiger partial charge in [-0.25, -0.2) is 17.7 Å². The van der Waals surface area contributed by atoms with E-state index in [-0.39, 0.29) is 24.5 Å². The van der Waals surface area contributed by atoms with E-state index in [2.05, 4.69) is 9.25 Å². The molecule has 0 aliphatic carbocycles. The summed E-state index contributed by atoms with van der Waals surface area (Å²) in [5.74, 6) is 0. The molecule has 2 aromatic rings. The number of benzene rings is 2. The molecule has 0 aliphatic rings. The molecular formula is C13H16NO6PS. The monoisotopic (exact) mass is 345 g/mol. The number of nitrogens with one attached hydrogen (secondary N) is 1. The van der Waals surface area contributed by atoms with Crippen LogP contribution in [-0.2, 0) is 19.1 Å². The molecule has 2 rings (SSSR count). The van der Waals surface area contributed by atoms with Gasteiger partial charge < -0.3 is 9.79 Å². The molecule has 9 heteroatoms. The summed E-state index contributed by atoms with van der Waals surface area (Å²) in [6.07, 6.45) is 0.151. The van der Waals surface area contributed by atoms with Crippen LogP contribution in [0.15, 0.2) is 47.4 Å². The van der Waals surface area contributed by atoms with Gasteiger partial charge in [0.15, 0.2) is 0 Å². The van der Waals surface area contributed by atoms with Crippen LogP contribution in [0.2, 0.25) is 0 Å². The molecular weight excluding hydrogens is 329 g/mol. The van der Waals surface area contributed by atoms with Crippen LogP contribution in [0.4, 0.5) is 0 Å². The SMILES string of the molecule is O=P(O)(O)OCCCNS(=O)(=O)c1ccc2ccccc2c1. The van der Waals surface area contributed by atoms with Crippen molar-refractivity contribution in [2.75, 3.05) is 13.2 Å². The topological polar surface area (TPSA) is 113 Å². The van der Waals surface area contributed by atoms with Crippen LogP contribution in [0.3, 0.4) is 0 Å². The van der Waals surface area contributed by atoms with Crippen molar-refractivity contribution >= 4 is 28.6 Å². The van der Waals surface area contributed by atoms with E-state index in [1.165, 1.54) is 6.07 Å². The Labute approximate surface area is 128 Å². The van der Waals surface area contributed by atoms with Gasteiger partial charge in [0.25, 0.3) is 0 Å². The summed E-state index contributed by atoms with van der Waals surface area (Å²) < 4.78 is 41.3. The van der Waals surface area contributed by atoms with E-state index in [9.17, 15) is 13.0 Å². The molecule has 0 atom stereocenters. The number of fused-ring (bicyclic) bond motifs is 1. The lowest BCUT2D eigenvalue weighted by atomic mass is 10.1. The van der Waals surface area contributed by atoms with Gasteiger partial charge in [0.2, 0.25) is 10.0 Å². The Morgan fingerprint density at radius 3 is 2.45 bits per heavy atom. The highest BCUT2D eigenvalue weighted by Crippen LogP contribution is 2.35. The normalized spacial score (nSPS) is 12.6. The number of rotatable bonds is 7. The van der Waals surface area contributed by atoms with Crippen molar-refractivity contribution in [3.05, 3.63) is 42.5 Å². The second-order valence-corrected chi connectivity index (χ2v) is 7.59. The highest BCUT2D eigenvalue weighted by atomic mass is 32.2. The lowest BCUT2D eigenvalue weighted by molar-refractivity contribution is 0.195. The highest BCUT2D eigenvalue weighted by molar-refractivity contribution is 7.89. The first-order valence-corrected chi connectivity index (χ1v) is 9.48. The maximum absolute atomic E-state index is 12.1. The average molecular weight is 345 g/mol. The van der Waals surface area contributed by atoms with Crippen LogP contribution in [-0.4, -0.2) is 31.4 Å². The van der Waals surface area contributed by atoms with Crippen molar-refractivity contribution in [3.63, 3.8) is 0 Å². The molecule has 2 aromatic carbocycles. The van der Waals surface area contributed by atoms with Gasteiger partial charge in [-0.2, -0.15) is 0 Å². The van der Waals surface area contributed by atoms with Crippen molar-refractivity contribution in [1.82, 2.24) is 4.72 Å². The standard InChI is InChI=1S/C13H16NO6PS/c15-21(16,17)20-9-3-8-14-22(18,19)13-7-6-11-4-1-2-5-12(11)10-13/h1-2,4-7,10,14H,3,8-9H2,(H2,15,16,17). The second-order valence-electron chi connectivity index (χ2n) is 4.58. The molecule has 3 N–H and O–H groups in total. The van der Waals surface area contributed by atoms with Gasteiger partial charge in [0.05, 0.1) is 11.5 Å². The molecule has 0 aliphatic heterocycles. The zero-order valence-electron chi connectivity index (χ0n) is 11.5. The van der Waals surface area contributed by atoms with Crippen molar-refractivity contribution in [3.8, 4) is 0 Å². The predicted molar refractivity (Wildman–Crippen MR) is 81.7 cm³/mol. The molecule has 0 saturated carbocycles. The van der Waals surface area contributed by atoms with Crippen LogP contribution in [0, 0.1) is 0 Å². The van der Waals surface area contributed by atoms with Crippen molar-refractivity contribution in [2.45, 2.75) is 11.3 Å². The molecule has 0 aromatic heterocycles. The van der Waals surface area contributed by atoms with Gasteiger partial charge in [-0.15, -0.1) is 0 Å². The predicted octanol–water partition coefficient (Wildman–Crippen LogP) is 1.62. The first-order chi connectivity index (χ1) is 10.3. The van der Waals surface area contributed by atoms with E-state index in [0.29, 0.717) is 0 Å². The first-order valence-electron chi connectivity index (χ1n) is 6.46. The van der Waals surface area contributed by atoms with Gasteiger partial charge in [-0.1, -0.05) is 30.3 Å². The molecule has 0 radical (unpaired) electrons. The van der Waals surface area contributed by atoms with Crippen molar-refractivity contribution in [1.29, 1.82) is 0 Å². The van der Waals surface area contributed by atoms with E-state index in [1.54, 1.807) is 12.1 Å². The van der Waals surface area contributed by atoms with Crippen LogP contribution in [0.5, 0.6) is 0 Å². The fourth-order valence-corrected chi connectivity index (χ4v) is 3.36. The van der Waals surface area contributed by atoms with Crippen LogP contribution in [0.1, 0.15) is 6.42 Å². The molecule has 0 heterocycles. The van der Waals surface area contributed by atoms with Gasteiger partial charge in [-0.3, -0.25) is 4.52 Å². The average Bonchev–Trinajstić information content (AvgIpc) is 2.45. The quantitative estimate of drug-likeness (QED) is 0.519. The maximum atomic E-state index is 12.1. The molecule has 120 valence electrons. The molecule has 0 spiro atoms. The number of phosphoric ester groups is 1. The largest absolute Gasteiger partial charge is 0.469 e. The van der Waals surface area contributed by atoms with Gasteiger partial charge in [0, 0.05) is 6.54 Å². The molecule has 22 heavy (non-hydrogen) atoms. The fraction of sp³-hybridized carbons (Fsp3) is 0.231. The summed E-state index contributed by atoms with van der Waals surface area (Å²) in [5.41, 5.74) is 0. The number of hydrogen-bond acceptors (Lipinski definition) is 4. The number of sulfonamides is 1. The Hall–Kier alpha value is -1.28. The Bertz CT molecular complexity index is 801. The van der Waals surface area contributed by atoms with E-state index in [4.69, 9.17) is 9.79 Å². The molecule has 0 amide bonds. The fourth-order valence-electron chi connectivity index (χ4n) is 1.88. The molecule has 7 nitrogen and oxygen atoms in total. The van der Waals surface area contributed by atoms with Crippen LogP contribution >= 0.6 is 7.82 Å². The zero-order chi connectivity index (χ0) is 16.2. The molecule has 0 unspecified atom stereocenters. The third-order valence-electron chi connectivity index (χ3n) is 2.90. The Kier molecular flexibility index (Phi) is 5.33. The first kappa shape index (κ1) is 17.1. The number of hydrogen-bond donors (Lipinski definition) is 3. The van der Waals surface area contributed by atoms with Crippen LogP contribution < -0.4 is 4.72 Å². The van der Waals surface area contributed by atoms with E-state index < -0.39 is 17.8 Å². The Balaban J connectivity index is 1.98. The molecule has 0 bridgehead atoms. The van der Waals surface area contributed by atoms with Gasteiger partial charge >= 0.3 is 7.82 Å². The second kappa shape index (κ2) is 6.87. The van der Waals surface area contributed by atoms with E-state index in [1.807, 2.05) is 24.3 Å². The summed E-state index contributed by atoms with van der Waals surface area (Å²) in [4.78, 5) is 17.2. The molecule has 0 saturated heterocycles. The third kappa shape index (κ3) is 4.88. The smallest absolute Gasteiger partial charge is 0.303 e. The zero-order valence-corrected chi connectivity index (χ0v) is 13.3. The summed E-state index contributed by atoms with van der Waals surface area (Å²) in [6, 6.07) is 12.2. The summed E-state index contributed by atoms with van der Waals surface area (Å²) in [6.45, 7) is -0.209. The van der Waals surface area contributed by atoms with E-state index >= 15 is 0 Å². The van der Waals surface area contributed by atoms with Gasteiger partial charge in [-0.05, 0) is 29.3 Å².